The molecule has 0 aromatic rings. The SMILES string of the molecule is C[C@@H]1CN(S(=O)(=O)N[C@H]2CN(C)C[C@@H]2C)CCO1. The Labute approximate surface area is 109 Å². The molecule has 2 heterocycles. The maximum absolute atomic E-state index is 12.3. The molecule has 6 nitrogen and oxygen atoms in total. The molecule has 0 aromatic carbocycles. The van der Waals surface area contributed by atoms with Crippen molar-refractivity contribution in [1.82, 2.24) is 13.9 Å². The van der Waals surface area contributed by atoms with Crippen LogP contribution in [0.25, 0.3) is 0 Å². The number of hydrogen-bond acceptors (Lipinski definition) is 4. The van der Waals surface area contributed by atoms with Crippen LogP contribution in [0.2, 0.25) is 0 Å². The van der Waals surface area contributed by atoms with Crippen LogP contribution in [0.1, 0.15) is 13.8 Å². The molecule has 18 heavy (non-hydrogen) atoms. The summed E-state index contributed by atoms with van der Waals surface area (Å²) in [4.78, 5) is 2.15. The maximum Gasteiger partial charge on any atom is 0.279 e. The van der Waals surface area contributed by atoms with Gasteiger partial charge in [0, 0.05) is 32.2 Å². The highest BCUT2D eigenvalue weighted by Crippen LogP contribution is 2.17. The maximum atomic E-state index is 12.3. The third-order valence-corrected chi connectivity index (χ3v) is 5.25. The second-order valence-corrected chi connectivity index (χ2v) is 7.17. The Morgan fingerprint density at radius 2 is 1.94 bits per heavy atom. The molecule has 2 saturated heterocycles. The molecular weight excluding hydrogens is 254 g/mol. The van der Waals surface area contributed by atoms with E-state index in [-0.39, 0.29) is 12.1 Å². The third-order valence-electron chi connectivity index (χ3n) is 3.64. The molecule has 3 atom stereocenters. The van der Waals surface area contributed by atoms with Crippen molar-refractivity contribution in [3.05, 3.63) is 0 Å². The summed E-state index contributed by atoms with van der Waals surface area (Å²) < 4.78 is 34.2. The second-order valence-electron chi connectivity index (χ2n) is 5.47. The van der Waals surface area contributed by atoms with Gasteiger partial charge in [-0.05, 0) is 19.9 Å². The third kappa shape index (κ3) is 3.21. The lowest BCUT2D eigenvalue weighted by molar-refractivity contribution is 0.00963. The number of hydrogen-bond donors (Lipinski definition) is 1. The van der Waals surface area contributed by atoms with Gasteiger partial charge in [-0.2, -0.15) is 17.4 Å². The van der Waals surface area contributed by atoms with E-state index in [1.54, 1.807) is 0 Å². The minimum atomic E-state index is -3.38. The minimum Gasteiger partial charge on any atom is -0.376 e. The predicted octanol–water partition coefficient (Wildman–Crippen LogP) is -0.508. The van der Waals surface area contributed by atoms with Crippen molar-refractivity contribution in [3.63, 3.8) is 0 Å². The van der Waals surface area contributed by atoms with Gasteiger partial charge in [-0.1, -0.05) is 6.92 Å². The van der Waals surface area contributed by atoms with Crippen LogP contribution in [0.4, 0.5) is 0 Å². The summed E-state index contributed by atoms with van der Waals surface area (Å²) in [5.74, 6) is 0.350. The van der Waals surface area contributed by atoms with Crippen molar-refractivity contribution in [1.29, 1.82) is 0 Å². The van der Waals surface area contributed by atoms with Crippen LogP contribution in [0, 0.1) is 5.92 Å². The zero-order valence-electron chi connectivity index (χ0n) is 11.3. The largest absolute Gasteiger partial charge is 0.376 e. The second kappa shape index (κ2) is 5.42. The Hall–Kier alpha value is -0.210. The summed E-state index contributed by atoms with van der Waals surface area (Å²) >= 11 is 0. The number of nitrogens with one attached hydrogen (secondary N) is 1. The Morgan fingerprint density at radius 3 is 2.50 bits per heavy atom. The van der Waals surface area contributed by atoms with Crippen LogP contribution < -0.4 is 4.72 Å². The molecule has 106 valence electrons. The van der Waals surface area contributed by atoms with Gasteiger partial charge in [0.2, 0.25) is 0 Å². The lowest BCUT2D eigenvalue weighted by Crippen LogP contribution is -2.52. The van der Waals surface area contributed by atoms with E-state index in [1.165, 1.54) is 4.31 Å². The highest BCUT2D eigenvalue weighted by Gasteiger charge is 2.34. The first-order valence-electron chi connectivity index (χ1n) is 6.46. The molecule has 0 amide bonds. The van der Waals surface area contributed by atoms with E-state index in [0.717, 1.165) is 13.1 Å². The topological polar surface area (TPSA) is 61.9 Å². The Kier molecular flexibility index (Phi) is 4.28. The molecule has 7 heteroatoms. The van der Waals surface area contributed by atoms with E-state index in [1.807, 2.05) is 14.0 Å². The average Bonchev–Trinajstić information content (AvgIpc) is 2.56. The van der Waals surface area contributed by atoms with Gasteiger partial charge < -0.3 is 9.64 Å². The summed E-state index contributed by atoms with van der Waals surface area (Å²) in [6, 6.07) is 0.0122. The zero-order chi connectivity index (χ0) is 13.3. The van der Waals surface area contributed by atoms with Crippen molar-refractivity contribution in [3.8, 4) is 0 Å². The summed E-state index contributed by atoms with van der Waals surface area (Å²) in [6.45, 7) is 7.05. The smallest absolute Gasteiger partial charge is 0.279 e. The van der Waals surface area contributed by atoms with E-state index in [0.29, 0.717) is 25.6 Å². The van der Waals surface area contributed by atoms with Crippen molar-refractivity contribution < 1.29 is 13.2 Å². The van der Waals surface area contributed by atoms with Crippen molar-refractivity contribution >= 4 is 10.2 Å². The molecule has 2 rings (SSSR count). The predicted molar refractivity (Wildman–Crippen MR) is 69.5 cm³/mol. The number of morpholine rings is 1. The van der Waals surface area contributed by atoms with Gasteiger partial charge in [-0.15, -0.1) is 0 Å². The fraction of sp³-hybridized carbons (Fsp3) is 1.00. The first kappa shape index (κ1) is 14.2. The molecule has 1 N–H and O–H groups in total. The molecule has 2 aliphatic rings. The van der Waals surface area contributed by atoms with Crippen LogP contribution in [-0.2, 0) is 14.9 Å². The first-order valence-corrected chi connectivity index (χ1v) is 7.90. The number of likely N-dealkylation sites (N-methyl/N-ethyl adjacent to an activating group) is 1. The summed E-state index contributed by atoms with van der Waals surface area (Å²) in [5, 5.41) is 0. The summed E-state index contributed by atoms with van der Waals surface area (Å²) in [5.41, 5.74) is 0. The van der Waals surface area contributed by atoms with Crippen molar-refractivity contribution in [2.45, 2.75) is 26.0 Å². The summed E-state index contributed by atoms with van der Waals surface area (Å²) in [6.07, 6.45) is -0.0287. The average molecular weight is 277 g/mol. The van der Waals surface area contributed by atoms with E-state index in [9.17, 15) is 8.42 Å². The Bertz CT molecular complexity index is 387. The van der Waals surface area contributed by atoms with Gasteiger partial charge in [-0.25, -0.2) is 0 Å². The van der Waals surface area contributed by atoms with Crippen molar-refractivity contribution in [2.24, 2.45) is 5.92 Å². The van der Waals surface area contributed by atoms with E-state index < -0.39 is 10.2 Å². The molecule has 2 fully saturated rings. The lowest BCUT2D eigenvalue weighted by Gasteiger charge is -2.31. The first-order chi connectivity index (χ1) is 8.38. The summed E-state index contributed by atoms with van der Waals surface area (Å²) in [7, 11) is -1.36. The quantitative estimate of drug-likeness (QED) is 0.755. The Morgan fingerprint density at radius 1 is 1.22 bits per heavy atom. The monoisotopic (exact) mass is 277 g/mol. The highest BCUT2D eigenvalue weighted by molar-refractivity contribution is 7.87. The van der Waals surface area contributed by atoms with Crippen molar-refractivity contribution in [2.75, 3.05) is 39.8 Å². The molecule has 0 bridgehead atoms. The molecular formula is C11H23N3O3S. The fourth-order valence-electron chi connectivity index (χ4n) is 2.63. The van der Waals surface area contributed by atoms with Crippen LogP contribution in [0.3, 0.4) is 0 Å². The number of likely N-dealkylation sites (tertiary alicyclic amines) is 1. The van der Waals surface area contributed by atoms with E-state index in [4.69, 9.17) is 4.74 Å². The molecule has 0 aliphatic carbocycles. The van der Waals surface area contributed by atoms with Crippen LogP contribution in [-0.4, -0.2) is 69.6 Å². The highest BCUT2D eigenvalue weighted by atomic mass is 32.2. The van der Waals surface area contributed by atoms with E-state index >= 15 is 0 Å². The minimum absolute atomic E-state index is 0.0122. The molecule has 0 saturated carbocycles. The molecule has 2 aliphatic heterocycles. The van der Waals surface area contributed by atoms with Gasteiger partial charge in [0.25, 0.3) is 10.2 Å². The fourth-order valence-corrected chi connectivity index (χ4v) is 4.19. The Balaban J connectivity index is 1.98. The molecule has 0 unspecified atom stereocenters. The lowest BCUT2D eigenvalue weighted by atomic mass is 10.1. The van der Waals surface area contributed by atoms with Gasteiger partial charge in [0.05, 0.1) is 12.7 Å². The molecule has 0 spiro atoms. The van der Waals surface area contributed by atoms with Gasteiger partial charge in [-0.3, -0.25) is 0 Å². The number of rotatable bonds is 3. The van der Waals surface area contributed by atoms with E-state index in [2.05, 4.69) is 16.5 Å². The number of ether oxygens (including phenoxy) is 1. The van der Waals surface area contributed by atoms with Crippen LogP contribution >= 0.6 is 0 Å². The van der Waals surface area contributed by atoms with Gasteiger partial charge in [0.1, 0.15) is 0 Å². The molecule has 0 aromatic heterocycles. The number of nitrogens with zero attached hydrogens (tertiary/aromatic N) is 2. The normalized spacial score (nSPS) is 36.1. The van der Waals surface area contributed by atoms with Crippen LogP contribution in [0.15, 0.2) is 0 Å². The van der Waals surface area contributed by atoms with Gasteiger partial charge in [0.15, 0.2) is 0 Å². The van der Waals surface area contributed by atoms with Gasteiger partial charge >= 0.3 is 0 Å². The zero-order valence-corrected chi connectivity index (χ0v) is 12.1. The molecule has 0 radical (unpaired) electrons. The standard InChI is InChI=1S/C11H23N3O3S/c1-9-6-13(3)8-11(9)12-18(15,16)14-4-5-17-10(2)7-14/h9-12H,4-8H2,1-3H3/t9-,10+,11-/m0/s1. The van der Waals surface area contributed by atoms with Crippen LogP contribution in [0.5, 0.6) is 0 Å².